The highest BCUT2D eigenvalue weighted by Gasteiger charge is 2.24. The van der Waals surface area contributed by atoms with Crippen molar-refractivity contribution in [1.29, 1.82) is 0 Å². The molecule has 0 spiro atoms. The number of ether oxygens (including phenoxy) is 2. The van der Waals surface area contributed by atoms with E-state index in [0.29, 0.717) is 6.61 Å². The van der Waals surface area contributed by atoms with E-state index in [1.165, 1.54) is 29.2 Å². The third kappa shape index (κ3) is 7.11. The summed E-state index contributed by atoms with van der Waals surface area (Å²) in [6.45, 7) is 7.87. The monoisotopic (exact) mass is 392 g/mol. The lowest BCUT2D eigenvalue weighted by atomic mass is 10.1. The normalized spacial score (nSPS) is 10.4. The minimum Gasteiger partial charge on any atom is -0.462 e. The van der Waals surface area contributed by atoms with Gasteiger partial charge in [0, 0.05) is 25.3 Å². The number of anilines is 1. The van der Waals surface area contributed by atoms with Gasteiger partial charge < -0.3 is 14.4 Å². The van der Waals surface area contributed by atoms with Crippen molar-refractivity contribution in [2.24, 2.45) is 0 Å². The Morgan fingerprint density at radius 1 is 1.25 bits per heavy atom. The van der Waals surface area contributed by atoms with Gasteiger partial charge >= 0.3 is 5.97 Å². The number of non-ortho nitro benzene ring substituents is 1. The van der Waals surface area contributed by atoms with Crippen LogP contribution in [0.5, 0.6) is 0 Å². The maximum absolute atomic E-state index is 12.7. The van der Waals surface area contributed by atoms with Crippen LogP contribution in [0.15, 0.2) is 30.9 Å². The minimum absolute atomic E-state index is 0.0746. The Hall–Kier alpha value is -2.74. The topological polar surface area (TPSA) is 99.0 Å². The van der Waals surface area contributed by atoms with Crippen LogP contribution in [0.2, 0.25) is 0 Å². The van der Waals surface area contributed by atoms with Gasteiger partial charge in [0.1, 0.15) is 6.61 Å². The molecule has 0 radical (unpaired) electrons. The van der Waals surface area contributed by atoms with Gasteiger partial charge in [-0.05, 0) is 19.4 Å². The second kappa shape index (κ2) is 12.6. The molecule has 0 aliphatic rings. The molecule has 0 unspecified atom stereocenters. The van der Waals surface area contributed by atoms with Gasteiger partial charge in [0.2, 0.25) is 0 Å². The molecule has 0 saturated carbocycles. The van der Waals surface area contributed by atoms with E-state index < -0.39 is 16.8 Å². The first-order valence-electron chi connectivity index (χ1n) is 9.40. The van der Waals surface area contributed by atoms with Crippen molar-refractivity contribution >= 4 is 23.3 Å². The molecule has 0 bridgehead atoms. The summed E-state index contributed by atoms with van der Waals surface area (Å²) in [7, 11) is 0. The van der Waals surface area contributed by atoms with Crippen molar-refractivity contribution in [3.8, 4) is 0 Å². The zero-order chi connectivity index (χ0) is 20.9. The Labute approximate surface area is 165 Å². The molecule has 0 heterocycles. The van der Waals surface area contributed by atoms with E-state index in [-0.39, 0.29) is 36.7 Å². The Morgan fingerprint density at radius 2 is 2.00 bits per heavy atom. The fourth-order valence-corrected chi connectivity index (χ4v) is 2.57. The summed E-state index contributed by atoms with van der Waals surface area (Å²) >= 11 is 0. The lowest BCUT2D eigenvalue weighted by Crippen LogP contribution is -2.35. The van der Waals surface area contributed by atoms with Crippen LogP contribution in [-0.4, -0.2) is 43.2 Å². The molecule has 1 rings (SSSR count). The van der Waals surface area contributed by atoms with Crippen LogP contribution in [0.25, 0.3) is 0 Å². The van der Waals surface area contributed by atoms with Crippen LogP contribution in [0.3, 0.4) is 0 Å². The maximum Gasteiger partial charge on any atom is 0.340 e. The predicted molar refractivity (Wildman–Crippen MR) is 107 cm³/mol. The van der Waals surface area contributed by atoms with Crippen LogP contribution in [-0.2, 0) is 14.3 Å². The van der Waals surface area contributed by atoms with Crippen molar-refractivity contribution < 1.29 is 24.0 Å². The molecule has 8 heteroatoms. The zero-order valence-corrected chi connectivity index (χ0v) is 16.5. The summed E-state index contributed by atoms with van der Waals surface area (Å²) in [5, 5.41) is 11.1. The first-order chi connectivity index (χ1) is 13.5. The number of amides is 1. The fraction of sp³-hybridized carbons (Fsp3) is 0.500. The molecule has 1 amide bonds. The number of rotatable bonds is 13. The second-order valence-electron chi connectivity index (χ2n) is 6.09. The molecule has 0 N–H and O–H groups in total. The second-order valence-corrected chi connectivity index (χ2v) is 6.09. The van der Waals surface area contributed by atoms with Gasteiger partial charge in [0.15, 0.2) is 0 Å². The number of carbonyl (C=O) groups excluding carboxylic acids is 2. The van der Waals surface area contributed by atoms with Gasteiger partial charge in [-0.3, -0.25) is 14.9 Å². The van der Waals surface area contributed by atoms with Crippen LogP contribution in [0.4, 0.5) is 11.4 Å². The van der Waals surface area contributed by atoms with Gasteiger partial charge in [-0.25, -0.2) is 4.79 Å². The van der Waals surface area contributed by atoms with Crippen LogP contribution in [0.1, 0.15) is 49.9 Å². The number of hydrogen-bond acceptors (Lipinski definition) is 6. The van der Waals surface area contributed by atoms with E-state index in [4.69, 9.17) is 9.47 Å². The van der Waals surface area contributed by atoms with E-state index in [9.17, 15) is 19.7 Å². The van der Waals surface area contributed by atoms with Crippen LogP contribution >= 0.6 is 0 Å². The SMILES string of the molecule is C=CCN(C(=O)COCCCCCC)c1cc([N+](=O)[O-])ccc1C(=O)OCC. The summed E-state index contributed by atoms with van der Waals surface area (Å²) in [4.78, 5) is 36.7. The lowest BCUT2D eigenvalue weighted by molar-refractivity contribution is -0.384. The Kier molecular flexibility index (Phi) is 10.5. The molecule has 8 nitrogen and oxygen atoms in total. The number of hydrogen-bond donors (Lipinski definition) is 0. The molecule has 0 aliphatic carbocycles. The van der Waals surface area contributed by atoms with Crippen molar-refractivity contribution in [2.45, 2.75) is 39.5 Å². The number of nitro groups is 1. The highest BCUT2D eigenvalue weighted by molar-refractivity contribution is 6.03. The summed E-state index contributed by atoms with van der Waals surface area (Å²) in [6.07, 6.45) is 5.57. The van der Waals surface area contributed by atoms with Gasteiger partial charge in [-0.15, -0.1) is 6.58 Å². The number of esters is 1. The molecule has 0 saturated heterocycles. The highest BCUT2D eigenvalue weighted by atomic mass is 16.6. The van der Waals surface area contributed by atoms with Crippen molar-refractivity contribution in [2.75, 3.05) is 31.3 Å². The quantitative estimate of drug-likeness (QED) is 0.166. The number of carbonyl (C=O) groups is 2. The van der Waals surface area contributed by atoms with Gasteiger partial charge in [-0.2, -0.15) is 0 Å². The average Bonchev–Trinajstić information content (AvgIpc) is 2.68. The third-order valence-corrected chi connectivity index (χ3v) is 3.96. The van der Waals surface area contributed by atoms with Gasteiger partial charge in [0.25, 0.3) is 11.6 Å². The molecular weight excluding hydrogens is 364 g/mol. The molecule has 1 aromatic rings. The average molecular weight is 392 g/mol. The van der Waals surface area contributed by atoms with Crippen molar-refractivity contribution in [1.82, 2.24) is 0 Å². The molecule has 154 valence electrons. The van der Waals surface area contributed by atoms with Gasteiger partial charge in [0.05, 0.1) is 22.8 Å². The van der Waals surface area contributed by atoms with Crippen LogP contribution in [0, 0.1) is 10.1 Å². The zero-order valence-electron chi connectivity index (χ0n) is 16.5. The summed E-state index contributed by atoms with van der Waals surface area (Å²) in [5.74, 6) is -1.07. The number of unbranched alkanes of at least 4 members (excludes halogenated alkanes) is 3. The summed E-state index contributed by atoms with van der Waals surface area (Å²) in [5.41, 5.74) is -0.0527. The smallest absolute Gasteiger partial charge is 0.340 e. The van der Waals surface area contributed by atoms with E-state index in [1.54, 1.807) is 6.92 Å². The van der Waals surface area contributed by atoms with E-state index in [1.807, 2.05) is 0 Å². The van der Waals surface area contributed by atoms with E-state index >= 15 is 0 Å². The lowest BCUT2D eigenvalue weighted by Gasteiger charge is -2.23. The standard InChI is InChI=1S/C20H28N2O6/c1-4-7-8-9-13-27-15-19(23)21(12-5-2)18-14-16(22(25)26)10-11-17(18)20(24)28-6-3/h5,10-11,14H,2,4,6-9,12-13,15H2,1,3H3. The third-order valence-electron chi connectivity index (χ3n) is 3.96. The number of nitro benzene ring substituents is 1. The Bertz CT molecular complexity index is 689. The van der Waals surface area contributed by atoms with Crippen molar-refractivity contribution in [3.05, 3.63) is 46.5 Å². The largest absolute Gasteiger partial charge is 0.462 e. The summed E-state index contributed by atoms with van der Waals surface area (Å²) < 4.78 is 10.4. The van der Waals surface area contributed by atoms with E-state index in [0.717, 1.165) is 25.7 Å². The predicted octanol–water partition coefficient (Wildman–Crippen LogP) is 3.89. The number of benzene rings is 1. The van der Waals surface area contributed by atoms with E-state index in [2.05, 4.69) is 13.5 Å². The summed E-state index contributed by atoms with van der Waals surface area (Å²) in [6, 6.07) is 3.69. The highest BCUT2D eigenvalue weighted by Crippen LogP contribution is 2.27. The molecule has 0 aromatic heterocycles. The molecule has 0 atom stereocenters. The maximum atomic E-state index is 12.7. The first-order valence-corrected chi connectivity index (χ1v) is 9.40. The Morgan fingerprint density at radius 3 is 2.61 bits per heavy atom. The molecular formula is C20H28N2O6. The van der Waals surface area contributed by atoms with Gasteiger partial charge in [-0.1, -0.05) is 32.3 Å². The number of nitrogens with zero attached hydrogens (tertiary/aromatic N) is 2. The fourth-order valence-electron chi connectivity index (χ4n) is 2.57. The molecule has 28 heavy (non-hydrogen) atoms. The van der Waals surface area contributed by atoms with Crippen molar-refractivity contribution in [3.63, 3.8) is 0 Å². The minimum atomic E-state index is -0.658. The molecule has 0 aliphatic heterocycles. The first kappa shape index (κ1) is 23.3. The van der Waals surface area contributed by atoms with Crippen LogP contribution < -0.4 is 4.90 Å². The Balaban J connectivity index is 3.04. The molecule has 0 fully saturated rings. The molecule has 1 aromatic carbocycles.